The molecule has 2 bridgehead atoms. The van der Waals surface area contributed by atoms with E-state index in [1.807, 2.05) is 0 Å². The molecule has 5 rings (SSSR count). The number of amides is 2. The lowest BCUT2D eigenvalue weighted by molar-refractivity contribution is -0.141. The minimum Gasteiger partial charge on any atom is -0.484 e. The van der Waals surface area contributed by atoms with E-state index in [-0.39, 0.29) is 36.1 Å². The molecule has 3 N–H and O–H groups in total. The molecule has 2 aromatic rings. The van der Waals surface area contributed by atoms with Crippen LogP contribution in [0.4, 0.5) is 0 Å². The van der Waals surface area contributed by atoms with Crippen molar-refractivity contribution in [3.05, 3.63) is 57.8 Å². The van der Waals surface area contributed by atoms with Gasteiger partial charge in [-0.25, -0.2) is 0 Å². The Morgan fingerprint density at radius 1 is 1.07 bits per heavy atom. The molecule has 3 fully saturated rings. The summed E-state index contributed by atoms with van der Waals surface area (Å²) in [7, 11) is 0. The average Bonchev–Trinajstić information content (AvgIpc) is 2.66. The number of hydrogen-bond acceptors (Lipinski definition) is 5. The van der Waals surface area contributed by atoms with E-state index in [0.29, 0.717) is 46.3 Å². The number of pyridine rings is 1. The summed E-state index contributed by atoms with van der Waals surface area (Å²) >= 11 is 11.8. The van der Waals surface area contributed by atoms with E-state index in [9.17, 15) is 9.59 Å². The van der Waals surface area contributed by atoms with Crippen LogP contribution < -0.4 is 15.4 Å². The molecular formula is C20H19Cl2N3O4. The van der Waals surface area contributed by atoms with Crippen LogP contribution in [0.2, 0.25) is 10.0 Å². The molecule has 0 saturated heterocycles. The van der Waals surface area contributed by atoms with Gasteiger partial charge in [0.15, 0.2) is 6.61 Å². The Bertz CT molecular complexity index is 945. The minimum absolute atomic E-state index is 0.123. The van der Waals surface area contributed by atoms with Crippen molar-refractivity contribution in [2.75, 3.05) is 6.61 Å². The van der Waals surface area contributed by atoms with Gasteiger partial charge >= 0.3 is 0 Å². The summed E-state index contributed by atoms with van der Waals surface area (Å²) in [6, 6.07) is 8.07. The van der Waals surface area contributed by atoms with Crippen LogP contribution in [0.3, 0.4) is 0 Å². The molecule has 152 valence electrons. The number of ether oxygens (including phenoxy) is 1. The Balaban J connectivity index is 1.23. The van der Waals surface area contributed by atoms with Gasteiger partial charge in [-0.1, -0.05) is 23.2 Å². The molecule has 0 atom stereocenters. The molecule has 3 aliphatic rings. The molecule has 3 saturated carbocycles. The number of nitrogens with zero attached hydrogens (tertiary/aromatic N) is 1. The standard InChI is InChI=1S/C20H19Cl2N3O4/c21-15-4-3-14(5-16(15)22)29-8-17(27)24-19-9-20(10-19,11-19)25-18(28)12-1-2-13(7-26)23-6-12/h1-6,26H,7-11H2,(H,24,27)(H,25,28). The third-order valence-electron chi connectivity index (χ3n) is 5.32. The van der Waals surface area contributed by atoms with E-state index in [2.05, 4.69) is 15.6 Å². The molecule has 1 aromatic heterocycles. The zero-order chi connectivity index (χ0) is 20.6. The zero-order valence-electron chi connectivity index (χ0n) is 15.4. The highest BCUT2D eigenvalue weighted by molar-refractivity contribution is 6.42. The van der Waals surface area contributed by atoms with Gasteiger partial charge in [-0.3, -0.25) is 14.6 Å². The van der Waals surface area contributed by atoms with E-state index in [4.69, 9.17) is 33.0 Å². The molecule has 0 spiro atoms. The van der Waals surface area contributed by atoms with Gasteiger partial charge in [-0.15, -0.1) is 0 Å². The maximum atomic E-state index is 12.4. The fourth-order valence-electron chi connectivity index (χ4n) is 4.07. The number of nitrogens with one attached hydrogen (secondary N) is 2. The van der Waals surface area contributed by atoms with Gasteiger partial charge in [0.05, 0.1) is 27.9 Å². The van der Waals surface area contributed by atoms with Gasteiger partial charge in [0.1, 0.15) is 5.75 Å². The van der Waals surface area contributed by atoms with Crippen molar-refractivity contribution in [2.24, 2.45) is 0 Å². The van der Waals surface area contributed by atoms with Crippen molar-refractivity contribution < 1.29 is 19.4 Å². The lowest BCUT2D eigenvalue weighted by atomic mass is 9.44. The van der Waals surface area contributed by atoms with Crippen molar-refractivity contribution in [2.45, 2.75) is 36.9 Å². The first-order valence-corrected chi connectivity index (χ1v) is 9.85. The molecule has 29 heavy (non-hydrogen) atoms. The monoisotopic (exact) mass is 435 g/mol. The predicted octanol–water partition coefficient (Wildman–Crippen LogP) is 2.48. The minimum atomic E-state index is -0.273. The molecule has 0 radical (unpaired) electrons. The Labute approximate surface area is 177 Å². The molecule has 0 unspecified atom stereocenters. The van der Waals surface area contributed by atoms with Gasteiger partial charge in [-0.05, 0) is 43.5 Å². The zero-order valence-corrected chi connectivity index (χ0v) is 16.9. The maximum Gasteiger partial charge on any atom is 0.258 e. The first-order valence-electron chi connectivity index (χ1n) is 9.09. The van der Waals surface area contributed by atoms with Crippen LogP contribution in [0.15, 0.2) is 36.5 Å². The normalized spacial score (nSPS) is 24.1. The van der Waals surface area contributed by atoms with Crippen LogP contribution in [0.1, 0.15) is 35.3 Å². The number of aliphatic hydroxyl groups is 1. The van der Waals surface area contributed by atoms with Crippen LogP contribution in [0.25, 0.3) is 0 Å². The van der Waals surface area contributed by atoms with Crippen molar-refractivity contribution in [3.8, 4) is 5.75 Å². The van der Waals surface area contributed by atoms with Crippen LogP contribution in [-0.2, 0) is 11.4 Å². The van der Waals surface area contributed by atoms with Crippen molar-refractivity contribution in [1.29, 1.82) is 0 Å². The van der Waals surface area contributed by atoms with E-state index in [1.165, 1.54) is 6.20 Å². The molecule has 9 heteroatoms. The highest BCUT2D eigenvalue weighted by atomic mass is 35.5. The number of carbonyl (C=O) groups excluding carboxylic acids is 2. The molecule has 2 amide bonds. The predicted molar refractivity (Wildman–Crippen MR) is 107 cm³/mol. The van der Waals surface area contributed by atoms with Crippen LogP contribution in [0, 0.1) is 0 Å². The molecular weight excluding hydrogens is 417 g/mol. The summed E-state index contributed by atoms with van der Waals surface area (Å²) in [6.07, 6.45) is 3.51. The quantitative estimate of drug-likeness (QED) is 0.619. The SMILES string of the molecule is O=C(COc1ccc(Cl)c(Cl)c1)NC12CC(NC(=O)c3ccc(CO)nc3)(C1)C2. The third-order valence-corrected chi connectivity index (χ3v) is 6.06. The van der Waals surface area contributed by atoms with E-state index in [1.54, 1.807) is 30.3 Å². The largest absolute Gasteiger partial charge is 0.484 e. The van der Waals surface area contributed by atoms with Crippen molar-refractivity contribution >= 4 is 35.0 Å². The lowest BCUT2D eigenvalue weighted by Gasteiger charge is -2.70. The summed E-state index contributed by atoms with van der Waals surface area (Å²) < 4.78 is 5.45. The fraction of sp³-hybridized carbons (Fsp3) is 0.350. The number of hydrogen-bond donors (Lipinski definition) is 3. The van der Waals surface area contributed by atoms with E-state index in [0.717, 1.165) is 0 Å². The number of benzene rings is 1. The van der Waals surface area contributed by atoms with Crippen molar-refractivity contribution in [3.63, 3.8) is 0 Å². The summed E-state index contributed by atoms with van der Waals surface area (Å²) in [4.78, 5) is 28.6. The van der Waals surface area contributed by atoms with Crippen LogP contribution >= 0.6 is 23.2 Å². The average molecular weight is 436 g/mol. The summed E-state index contributed by atoms with van der Waals surface area (Å²) in [5.74, 6) is 0.0424. The topological polar surface area (TPSA) is 101 Å². The highest BCUT2D eigenvalue weighted by Crippen LogP contribution is 2.60. The van der Waals surface area contributed by atoms with Gasteiger partial charge in [0.25, 0.3) is 11.8 Å². The fourth-order valence-corrected chi connectivity index (χ4v) is 4.35. The number of carbonyl (C=O) groups is 2. The van der Waals surface area contributed by atoms with Gasteiger partial charge < -0.3 is 20.5 Å². The van der Waals surface area contributed by atoms with Crippen LogP contribution in [-0.4, -0.2) is 39.6 Å². The second-order valence-corrected chi connectivity index (χ2v) is 8.47. The Hall–Kier alpha value is -2.35. The van der Waals surface area contributed by atoms with Gasteiger partial charge in [0.2, 0.25) is 0 Å². The first-order chi connectivity index (χ1) is 13.8. The van der Waals surface area contributed by atoms with Gasteiger partial charge in [-0.2, -0.15) is 0 Å². The summed E-state index contributed by atoms with van der Waals surface area (Å²) in [5, 5.41) is 15.8. The summed E-state index contributed by atoms with van der Waals surface area (Å²) in [5.41, 5.74) is 0.409. The first kappa shape index (κ1) is 19.9. The third kappa shape index (κ3) is 4.03. The Morgan fingerprint density at radius 3 is 2.41 bits per heavy atom. The second kappa shape index (κ2) is 7.48. The maximum absolute atomic E-state index is 12.4. The van der Waals surface area contributed by atoms with Crippen LogP contribution in [0.5, 0.6) is 5.75 Å². The van der Waals surface area contributed by atoms with Crippen molar-refractivity contribution in [1.82, 2.24) is 15.6 Å². The number of aromatic nitrogens is 1. The molecule has 1 heterocycles. The number of halogens is 2. The molecule has 7 nitrogen and oxygen atoms in total. The Kier molecular flexibility index (Phi) is 5.14. The molecule has 0 aliphatic heterocycles. The number of rotatable bonds is 7. The smallest absolute Gasteiger partial charge is 0.258 e. The molecule has 1 aromatic carbocycles. The second-order valence-electron chi connectivity index (χ2n) is 7.65. The molecule has 3 aliphatic carbocycles. The number of aliphatic hydroxyl groups excluding tert-OH is 1. The highest BCUT2D eigenvalue weighted by Gasteiger charge is 2.69. The lowest BCUT2D eigenvalue weighted by Crippen LogP contribution is -2.84. The Morgan fingerprint density at radius 2 is 1.79 bits per heavy atom. The van der Waals surface area contributed by atoms with E-state index < -0.39 is 0 Å². The summed E-state index contributed by atoms with van der Waals surface area (Å²) in [6.45, 7) is -0.287. The van der Waals surface area contributed by atoms with E-state index >= 15 is 0 Å². The van der Waals surface area contributed by atoms with Gasteiger partial charge in [0, 0.05) is 23.3 Å².